The molecule has 2 amide bonds. The second-order valence-corrected chi connectivity index (χ2v) is 7.46. The largest absolute Gasteiger partial charge is 0.368 e. The van der Waals surface area contributed by atoms with Gasteiger partial charge in [0.05, 0.1) is 5.69 Å². The number of pyridine rings is 1. The van der Waals surface area contributed by atoms with Crippen molar-refractivity contribution in [1.29, 1.82) is 0 Å². The average Bonchev–Trinajstić information content (AvgIpc) is 3.30. The highest BCUT2D eigenvalue weighted by Crippen LogP contribution is 2.18. The molecule has 0 radical (unpaired) electrons. The zero-order valence-electron chi connectivity index (χ0n) is 16.4. The molecule has 2 aliphatic rings. The van der Waals surface area contributed by atoms with Crippen LogP contribution in [0.3, 0.4) is 0 Å². The summed E-state index contributed by atoms with van der Waals surface area (Å²) in [5, 5.41) is 2.87. The van der Waals surface area contributed by atoms with Crippen LogP contribution in [0.25, 0.3) is 0 Å². The van der Waals surface area contributed by atoms with Gasteiger partial charge in [0.25, 0.3) is 11.8 Å². The number of carbonyl (C=O) groups is 2. The second kappa shape index (κ2) is 9.15. The maximum atomic E-state index is 12.9. The van der Waals surface area contributed by atoms with Crippen LogP contribution in [0.1, 0.15) is 28.9 Å². The minimum Gasteiger partial charge on any atom is -0.368 e. The van der Waals surface area contributed by atoms with Gasteiger partial charge in [0, 0.05) is 56.8 Å². The maximum Gasteiger partial charge on any atom is 0.254 e. The standard InChI is InChI=1S/C22H26N4O3/c27-21(20-8-4-14-29-20)24-18-7-3-5-17(15-18)22(28)26-12-10-25(11-13-26)16-19-6-1-2-9-23-19/h1-3,5-7,9,15,20H,4,8,10-14,16H2,(H,24,27). The van der Waals surface area contributed by atoms with Crippen LogP contribution in [0.5, 0.6) is 0 Å². The third kappa shape index (κ3) is 4.99. The number of amides is 2. The summed E-state index contributed by atoms with van der Waals surface area (Å²) in [6, 6.07) is 13.1. The van der Waals surface area contributed by atoms with E-state index in [4.69, 9.17) is 4.74 Å². The molecular formula is C22H26N4O3. The van der Waals surface area contributed by atoms with Crippen molar-refractivity contribution in [2.24, 2.45) is 0 Å². The number of nitrogens with zero attached hydrogens (tertiary/aromatic N) is 3. The van der Waals surface area contributed by atoms with Gasteiger partial charge in [-0.2, -0.15) is 0 Å². The molecule has 4 rings (SSSR count). The Bertz CT molecular complexity index is 844. The highest BCUT2D eigenvalue weighted by molar-refractivity contribution is 5.98. The number of benzene rings is 1. The van der Waals surface area contributed by atoms with Crippen molar-refractivity contribution in [2.75, 3.05) is 38.1 Å². The molecule has 0 spiro atoms. The molecule has 1 atom stereocenters. The molecule has 0 bridgehead atoms. The molecule has 7 heteroatoms. The van der Waals surface area contributed by atoms with Gasteiger partial charge in [-0.3, -0.25) is 19.5 Å². The molecule has 7 nitrogen and oxygen atoms in total. The van der Waals surface area contributed by atoms with Crippen LogP contribution in [0.15, 0.2) is 48.7 Å². The molecule has 1 N–H and O–H groups in total. The van der Waals surface area contributed by atoms with Crippen LogP contribution in [0.2, 0.25) is 0 Å². The summed E-state index contributed by atoms with van der Waals surface area (Å²) in [6.45, 7) is 4.42. The van der Waals surface area contributed by atoms with Gasteiger partial charge in [-0.1, -0.05) is 12.1 Å². The Morgan fingerprint density at radius 3 is 2.69 bits per heavy atom. The second-order valence-electron chi connectivity index (χ2n) is 7.46. The van der Waals surface area contributed by atoms with Crippen molar-refractivity contribution in [3.05, 3.63) is 59.9 Å². The third-order valence-corrected chi connectivity index (χ3v) is 5.37. The normalized spacial score (nSPS) is 19.9. The number of hydrogen-bond acceptors (Lipinski definition) is 5. The molecule has 0 aliphatic carbocycles. The zero-order valence-corrected chi connectivity index (χ0v) is 16.4. The van der Waals surface area contributed by atoms with E-state index in [1.165, 1.54) is 0 Å². The maximum absolute atomic E-state index is 12.9. The molecule has 2 saturated heterocycles. The van der Waals surface area contributed by atoms with E-state index in [2.05, 4.69) is 15.2 Å². The minimum absolute atomic E-state index is 0.00398. The van der Waals surface area contributed by atoms with Crippen LogP contribution >= 0.6 is 0 Å². The number of carbonyl (C=O) groups excluding carboxylic acids is 2. The lowest BCUT2D eigenvalue weighted by molar-refractivity contribution is -0.124. The Kier molecular flexibility index (Phi) is 6.17. The van der Waals surface area contributed by atoms with Crippen LogP contribution in [0, 0.1) is 0 Å². The lowest BCUT2D eigenvalue weighted by Crippen LogP contribution is -2.48. The van der Waals surface area contributed by atoms with Crippen molar-refractivity contribution >= 4 is 17.5 Å². The lowest BCUT2D eigenvalue weighted by Gasteiger charge is -2.34. The molecular weight excluding hydrogens is 368 g/mol. The Hall–Kier alpha value is -2.77. The molecule has 2 fully saturated rings. The molecule has 0 saturated carbocycles. The zero-order chi connectivity index (χ0) is 20.1. The summed E-state index contributed by atoms with van der Waals surface area (Å²) in [7, 11) is 0. The SMILES string of the molecule is O=C(Nc1cccc(C(=O)N2CCN(Cc3ccccn3)CC2)c1)C1CCCO1. The summed E-state index contributed by atoms with van der Waals surface area (Å²) >= 11 is 0. The van der Waals surface area contributed by atoms with Crippen molar-refractivity contribution < 1.29 is 14.3 Å². The fourth-order valence-corrected chi connectivity index (χ4v) is 3.75. The van der Waals surface area contributed by atoms with Crippen LogP contribution < -0.4 is 5.32 Å². The first-order chi connectivity index (χ1) is 14.2. The highest BCUT2D eigenvalue weighted by atomic mass is 16.5. The molecule has 2 aliphatic heterocycles. The summed E-state index contributed by atoms with van der Waals surface area (Å²) in [5.74, 6) is -0.147. The number of hydrogen-bond donors (Lipinski definition) is 1. The molecule has 1 aromatic heterocycles. The third-order valence-electron chi connectivity index (χ3n) is 5.37. The summed E-state index contributed by atoms with van der Waals surface area (Å²) in [4.78, 5) is 33.7. The van der Waals surface area contributed by atoms with E-state index in [0.29, 0.717) is 30.9 Å². The molecule has 1 aromatic carbocycles. The topological polar surface area (TPSA) is 74.8 Å². The molecule has 2 aromatic rings. The Balaban J connectivity index is 1.32. The van der Waals surface area contributed by atoms with Crippen LogP contribution in [-0.4, -0.2) is 65.5 Å². The Morgan fingerprint density at radius 1 is 1.10 bits per heavy atom. The van der Waals surface area contributed by atoms with E-state index in [1.807, 2.05) is 23.1 Å². The van der Waals surface area contributed by atoms with Crippen LogP contribution in [0.4, 0.5) is 5.69 Å². The predicted molar refractivity (Wildman–Crippen MR) is 109 cm³/mol. The van der Waals surface area contributed by atoms with Gasteiger partial charge < -0.3 is 15.0 Å². The number of anilines is 1. The highest BCUT2D eigenvalue weighted by Gasteiger charge is 2.25. The lowest BCUT2D eigenvalue weighted by atomic mass is 10.1. The van der Waals surface area contributed by atoms with E-state index in [-0.39, 0.29) is 17.9 Å². The summed E-state index contributed by atoms with van der Waals surface area (Å²) in [5.41, 5.74) is 2.26. The number of ether oxygens (including phenoxy) is 1. The van der Waals surface area contributed by atoms with E-state index >= 15 is 0 Å². The smallest absolute Gasteiger partial charge is 0.254 e. The van der Waals surface area contributed by atoms with Gasteiger partial charge in [-0.05, 0) is 43.2 Å². The average molecular weight is 394 g/mol. The van der Waals surface area contributed by atoms with Gasteiger partial charge in [0.15, 0.2) is 0 Å². The number of nitrogens with one attached hydrogen (secondary N) is 1. The monoisotopic (exact) mass is 394 g/mol. The fraction of sp³-hybridized carbons (Fsp3) is 0.409. The van der Waals surface area contributed by atoms with Crippen molar-refractivity contribution in [1.82, 2.24) is 14.8 Å². The van der Waals surface area contributed by atoms with E-state index in [1.54, 1.807) is 30.5 Å². The molecule has 29 heavy (non-hydrogen) atoms. The quantitative estimate of drug-likeness (QED) is 0.841. The Labute approximate surface area is 170 Å². The summed E-state index contributed by atoms with van der Waals surface area (Å²) in [6.07, 6.45) is 3.07. The first kappa shape index (κ1) is 19.5. The first-order valence-electron chi connectivity index (χ1n) is 10.1. The predicted octanol–water partition coefficient (Wildman–Crippen LogP) is 2.16. The minimum atomic E-state index is -0.387. The van der Waals surface area contributed by atoms with Gasteiger partial charge in [0.2, 0.25) is 0 Å². The number of rotatable bonds is 5. The van der Waals surface area contributed by atoms with Gasteiger partial charge in [0.1, 0.15) is 6.10 Å². The summed E-state index contributed by atoms with van der Waals surface area (Å²) < 4.78 is 5.42. The van der Waals surface area contributed by atoms with E-state index in [9.17, 15) is 9.59 Å². The van der Waals surface area contributed by atoms with Gasteiger partial charge in [-0.25, -0.2) is 0 Å². The van der Waals surface area contributed by atoms with Crippen LogP contribution in [-0.2, 0) is 16.1 Å². The number of piperazine rings is 1. The molecule has 152 valence electrons. The molecule has 1 unspecified atom stereocenters. The Morgan fingerprint density at radius 2 is 1.97 bits per heavy atom. The van der Waals surface area contributed by atoms with Gasteiger partial charge >= 0.3 is 0 Å². The fourth-order valence-electron chi connectivity index (χ4n) is 3.75. The molecule has 3 heterocycles. The van der Waals surface area contributed by atoms with Crippen molar-refractivity contribution in [3.63, 3.8) is 0 Å². The van der Waals surface area contributed by atoms with E-state index in [0.717, 1.165) is 38.2 Å². The van der Waals surface area contributed by atoms with E-state index < -0.39 is 0 Å². The first-order valence-corrected chi connectivity index (χ1v) is 10.1. The number of aromatic nitrogens is 1. The van der Waals surface area contributed by atoms with Gasteiger partial charge in [-0.15, -0.1) is 0 Å². The van der Waals surface area contributed by atoms with Crippen molar-refractivity contribution in [3.8, 4) is 0 Å². The van der Waals surface area contributed by atoms with Crippen molar-refractivity contribution in [2.45, 2.75) is 25.5 Å².